The minimum Gasteiger partial charge on any atom is -0.347 e. The highest BCUT2D eigenvalue weighted by Crippen LogP contribution is 2.32. The summed E-state index contributed by atoms with van der Waals surface area (Å²) in [5.74, 6) is 1.27. The number of amides is 1. The van der Waals surface area contributed by atoms with Gasteiger partial charge in [-0.1, -0.05) is 24.3 Å². The van der Waals surface area contributed by atoms with Crippen LogP contribution >= 0.6 is 11.3 Å². The van der Waals surface area contributed by atoms with Crippen LogP contribution in [0.2, 0.25) is 0 Å². The predicted octanol–water partition coefficient (Wildman–Crippen LogP) is 4.08. The molecule has 1 amide bonds. The fourth-order valence-electron chi connectivity index (χ4n) is 3.99. The molecule has 0 radical (unpaired) electrons. The van der Waals surface area contributed by atoms with Gasteiger partial charge in [0.25, 0.3) is 0 Å². The van der Waals surface area contributed by atoms with Crippen LogP contribution in [0.4, 0.5) is 5.13 Å². The quantitative estimate of drug-likeness (QED) is 0.812. The lowest BCUT2D eigenvalue weighted by Crippen LogP contribution is -2.47. The lowest BCUT2D eigenvalue weighted by Gasteiger charge is -2.37. The Labute approximate surface area is 153 Å². The number of likely N-dealkylation sites (tertiary alicyclic amines) is 1. The van der Waals surface area contributed by atoms with Crippen molar-refractivity contribution in [2.45, 2.75) is 39.5 Å². The largest absolute Gasteiger partial charge is 0.347 e. The molecule has 0 N–H and O–H groups in total. The van der Waals surface area contributed by atoms with Crippen LogP contribution in [-0.2, 0) is 4.79 Å². The van der Waals surface area contributed by atoms with E-state index in [4.69, 9.17) is 4.98 Å². The Morgan fingerprint density at radius 3 is 2.80 bits per heavy atom. The number of thiazole rings is 1. The van der Waals surface area contributed by atoms with Gasteiger partial charge in [-0.05, 0) is 56.2 Å². The summed E-state index contributed by atoms with van der Waals surface area (Å²) in [5, 5.41) is 1.07. The third-order valence-electron chi connectivity index (χ3n) is 5.67. The molecule has 0 bridgehead atoms. The van der Waals surface area contributed by atoms with Crippen molar-refractivity contribution in [1.82, 2.24) is 9.88 Å². The number of aryl methyl sites for hydroxylation is 1. The number of aromatic nitrogens is 1. The van der Waals surface area contributed by atoms with Crippen molar-refractivity contribution in [1.29, 1.82) is 0 Å². The molecule has 1 aromatic heterocycles. The first-order valence-corrected chi connectivity index (χ1v) is 10.3. The van der Waals surface area contributed by atoms with E-state index in [-0.39, 0.29) is 5.92 Å². The molecule has 2 aliphatic rings. The van der Waals surface area contributed by atoms with Gasteiger partial charge in [-0.3, -0.25) is 4.79 Å². The van der Waals surface area contributed by atoms with Crippen molar-refractivity contribution in [3.63, 3.8) is 0 Å². The van der Waals surface area contributed by atoms with Gasteiger partial charge >= 0.3 is 0 Å². The molecule has 4 rings (SSSR count). The van der Waals surface area contributed by atoms with E-state index < -0.39 is 0 Å². The van der Waals surface area contributed by atoms with Gasteiger partial charge in [0.15, 0.2) is 5.13 Å². The number of rotatable bonds is 2. The molecule has 1 aromatic carbocycles. The summed E-state index contributed by atoms with van der Waals surface area (Å²) < 4.78 is 1.24. The summed E-state index contributed by atoms with van der Waals surface area (Å²) in [6.45, 7) is 8.13. The highest BCUT2D eigenvalue weighted by molar-refractivity contribution is 7.22. The van der Waals surface area contributed by atoms with Crippen molar-refractivity contribution in [2.24, 2.45) is 11.8 Å². The Kier molecular flexibility index (Phi) is 4.67. The second kappa shape index (κ2) is 6.94. The van der Waals surface area contributed by atoms with Gasteiger partial charge < -0.3 is 9.80 Å². The SMILES string of the molecule is Cc1ccc2nc(N3CCCC(C(=O)N4CCC(C)CC4)C3)sc2c1. The maximum atomic E-state index is 12.9. The van der Waals surface area contributed by atoms with E-state index in [1.807, 2.05) is 0 Å². The minimum absolute atomic E-state index is 0.135. The molecule has 0 saturated carbocycles. The average Bonchev–Trinajstić information content (AvgIpc) is 3.05. The maximum Gasteiger partial charge on any atom is 0.227 e. The van der Waals surface area contributed by atoms with Gasteiger partial charge in [0.2, 0.25) is 5.91 Å². The zero-order valence-corrected chi connectivity index (χ0v) is 16.0. The molecule has 4 nitrogen and oxygen atoms in total. The molecule has 2 fully saturated rings. The van der Waals surface area contributed by atoms with E-state index in [2.05, 4.69) is 41.8 Å². The Morgan fingerprint density at radius 2 is 2.00 bits per heavy atom. The van der Waals surface area contributed by atoms with Crippen LogP contribution in [0.3, 0.4) is 0 Å². The van der Waals surface area contributed by atoms with E-state index in [0.29, 0.717) is 5.91 Å². The second-order valence-electron chi connectivity index (χ2n) is 7.76. The first-order valence-electron chi connectivity index (χ1n) is 9.51. The highest BCUT2D eigenvalue weighted by Gasteiger charge is 2.31. The van der Waals surface area contributed by atoms with Gasteiger partial charge in [-0.15, -0.1) is 0 Å². The predicted molar refractivity (Wildman–Crippen MR) is 104 cm³/mol. The average molecular weight is 358 g/mol. The van der Waals surface area contributed by atoms with Gasteiger partial charge in [0.05, 0.1) is 16.1 Å². The summed E-state index contributed by atoms with van der Waals surface area (Å²) in [7, 11) is 0. The van der Waals surface area contributed by atoms with Crippen LogP contribution in [0, 0.1) is 18.8 Å². The number of carbonyl (C=O) groups excluding carboxylic acids is 1. The summed E-state index contributed by atoms with van der Waals surface area (Å²) >= 11 is 1.76. The number of nitrogens with zero attached hydrogens (tertiary/aromatic N) is 3. The minimum atomic E-state index is 0.135. The number of benzene rings is 1. The maximum absolute atomic E-state index is 12.9. The molecule has 1 atom stereocenters. The van der Waals surface area contributed by atoms with E-state index in [1.54, 1.807) is 11.3 Å². The molecule has 5 heteroatoms. The third kappa shape index (κ3) is 3.52. The van der Waals surface area contributed by atoms with Crippen molar-refractivity contribution >= 4 is 32.6 Å². The van der Waals surface area contributed by atoms with Crippen molar-refractivity contribution < 1.29 is 4.79 Å². The van der Waals surface area contributed by atoms with Gasteiger partial charge in [-0.2, -0.15) is 0 Å². The van der Waals surface area contributed by atoms with Crippen molar-refractivity contribution in [3.05, 3.63) is 23.8 Å². The number of anilines is 1. The third-order valence-corrected chi connectivity index (χ3v) is 6.75. The Morgan fingerprint density at radius 1 is 1.20 bits per heavy atom. The number of hydrogen-bond acceptors (Lipinski definition) is 4. The van der Waals surface area contributed by atoms with Gasteiger partial charge in [-0.25, -0.2) is 4.98 Å². The molecule has 2 saturated heterocycles. The molecule has 0 aliphatic carbocycles. The molecular weight excluding hydrogens is 330 g/mol. The van der Waals surface area contributed by atoms with Crippen LogP contribution in [-0.4, -0.2) is 42.0 Å². The monoisotopic (exact) mass is 357 g/mol. The number of piperidine rings is 2. The highest BCUT2D eigenvalue weighted by atomic mass is 32.1. The van der Waals surface area contributed by atoms with Crippen molar-refractivity contribution in [2.75, 3.05) is 31.1 Å². The van der Waals surface area contributed by atoms with E-state index in [0.717, 1.165) is 68.4 Å². The Hall–Kier alpha value is -1.62. The lowest BCUT2D eigenvalue weighted by molar-refractivity contribution is -0.137. The van der Waals surface area contributed by atoms with Crippen LogP contribution in [0.15, 0.2) is 18.2 Å². The van der Waals surface area contributed by atoms with Crippen LogP contribution in [0.5, 0.6) is 0 Å². The van der Waals surface area contributed by atoms with Crippen LogP contribution < -0.4 is 4.90 Å². The van der Waals surface area contributed by atoms with Crippen LogP contribution in [0.1, 0.15) is 38.2 Å². The fourth-order valence-corrected chi connectivity index (χ4v) is 5.09. The molecule has 2 aliphatic heterocycles. The normalized spacial score (nSPS) is 22.6. The summed E-state index contributed by atoms with van der Waals surface area (Å²) in [5.41, 5.74) is 2.35. The van der Waals surface area contributed by atoms with E-state index >= 15 is 0 Å². The zero-order chi connectivity index (χ0) is 17.4. The Balaban J connectivity index is 1.47. The van der Waals surface area contributed by atoms with E-state index in [1.165, 1.54) is 10.3 Å². The molecule has 0 spiro atoms. The van der Waals surface area contributed by atoms with Crippen LogP contribution in [0.25, 0.3) is 10.2 Å². The molecule has 2 aromatic rings. The molecule has 134 valence electrons. The summed E-state index contributed by atoms with van der Waals surface area (Å²) in [6.07, 6.45) is 4.40. The second-order valence-corrected chi connectivity index (χ2v) is 8.77. The molecule has 25 heavy (non-hydrogen) atoms. The molecule has 1 unspecified atom stereocenters. The topological polar surface area (TPSA) is 36.4 Å². The number of carbonyl (C=O) groups is 1. The summed E-state index contributed by atoms with van der Waals surface area (Å²) in [6, 6.07) is 6.43. The van der Waals surface area contributed by atoms with Gasteiger partial charge in [0.1, 0.15) is 0 Å². The smallest absolute Gasteiger partial charge is 0.227 e. The summed E-state index contributed by atoms with van der Waals surface area (Å²) in [4.78, 5) is 22.2. The Bertz CT molecular complexity index is 763. The van der Waals surface area contributed by atoms with Gasteiger partial charge in [0, 0.05) is 26.2 Å². The standard InChI is InChI=1S/C20H27N3OS/c1-14-7-10-22(11-8-14)19(24)16-4-3-9-23(13-16)20-21-17-6-5-15(2)12-18(17)25-20/h5-6,12,14,16H,3-4,7-11,13H2,1-2H3. The molecular formula is C20H27N3OS. The first kappa shape index (κ1) is 16.8. The zero-order valence-electron chi connectivity index (χ0n) is 15.2. The van der Waals surface area contributed by atoms with Crippen molar-refractivity contribution in [3.8, 4) is 0 Å². The lowest BCUT2D eigenvalue weighted by atomic mass is 9.94. The molecule has 3 heterocycles. The number of hydrogen-bond donors (Lipinski definition) is 0. The first-order chi connectivity index (χ1) is 12.1. The number of fused-ring (bicyclic) bond motifs is 1. The van der Waals surface area contributed by atoms with E-state index in [9.17, 15) is 4.79 Å². The fraction of sp³-hybridized carbons (Fsp3) is 0.600.